The number of likely N-dealkylation sites (N-methyl/N-ethyl adjacent to an activating group) is 1. The number of nitrogens with one attached hydrogen (secondary N) is 2. The van der Waals surface area contributed by atoms with Crippen molar-refractivity contribution in [3.8, 4) is 11.3 Å². The van der Waals surface area contributed by atoms with E-state index in [4.69, 9.17) is 18.9 Å². The summed E-state index contributed by atoms with van der Waals surface area (Å²) in [5, 5.41) is 5.75. The van der Waals surface area contributed by atoms with E-state index in [9.17, 15) is 27.6 Å². The average molecular weight is 891 g/mol. The maximum Gasteiger partial charge on any atom is 0.416 e. The third-order valence-electron chi connectivity index (χ3n) is 10.8. The summed E-state index contributed by atoms with van der Waals surface area (Å²) < 4.78 is 62.1. The monoisotopic (exact) mass is 890 g/mol. The van der Waals surface area contributed by atoms with E-state index in [-0.39, 0.29) is 23.9 Å². The van der Waals surface area contributed by atoms with Gasteiger partial charge in [0.1, 0.15) is 0 Å². The molecule has 1 saturated heterocycles. The average Bonchev–Trinajstić information content (AvgIpc) is 3.30. The topological polar surface area (TPSA) is 135 Å². The smallest absolute Gasteiger partial charge is 0.379 e. The number of aryl methyl sites for hydroxylation is 1. The van der Waals surface area contributed by atoms with Crippen molar-refractivity contribution in [2.75, 3.05) is 109 Å². The first-order chi connectivity index (χ1) is 30.9. The molecular weight excluding hydrogens is 830 g/mol. The number of carbonyl (C=O) groups is 3. The number of hydrogen-bond acceptors (Lipinski definition) is 10. The maximum absolute atomic E-state index is 13.7. The molecule has 0 atom stereocenters. The fraction of sp³-hybridized carbons (Fsp3) is 0.458. The summed E-state index contributed by atoms with van der Waals surface area (Å²) in [5.41, 5.74) is 3.69. The van der Waals surface area contributed by atoms with Crippen molar-refractivity contribution in [3.05, 3.63) is 113 Å². The Morgan fingerprint density at radius 1 is 0.719 bits per heavy atom. The number of aromatic nitrogens is 1. The van der Waals surface area contributed by atoms with E-state index in [1.807, 2.05) is 55.1 Å². The van der Waals surface area contributed by atoms with Crippen molar-refractivity contribution in [2.24, 2.45) is 0 Å². The number of carbonyl (C=O) groups excluding carboxylic acids is 3. The first-order valence-electron chi connectivity index (χ1n) is 21.9. The van der Waals surface area contributed by atoms with Gasteiger partial charge in [-0.3, -0.25) is 19.4 Å². The summed E-state index contributed by atoms with van der Waals surface area (Å²) in [6, 6.07) is 21.0. The Balaban J connectivity index is 1.04. The molecule has 13 nitrogen and oxygen atoms in total. The maximum atomic E-state index is 13.7. The molecule has 16 heteroatoms. The van der Waals surface area contributed by atoms with Crippen LogP contribution in [0.2, 0.25) is 0 Å². The van der Waals surface area contributed by atoms with Crippen LogP contribution in [0.3, 0.4) is 0 Å². The quantitative estimate of drug-likeness (QED) is 0.0673. The second kappa shape index (κ2) is 25.8. The number of pyridine rings is 1. The number of amides is 3. The summed E-state index contributed by atoms with van der Waals surface area (Å²) in [6.45, 7) is 12.4. The van der Waals surface area contributed by atoms with Gasteiger partial charge in [-0.1, -0.05) is 24.3 Å². The normalized spacial score (nSPS) is 13.2. The number of anilines is 2. The molecule has 1 aliphatic rings. The minimum absolute atomic E-state index is 0.0976. The van der Waals surface area contributed by atoms with Gasteiger partial charge < -0.3 is 44.3 Å². The number of nitrogens with zero attached hydrogens (tertiary/aromatic N) is 4. The second-order valence-electron chi connectivity index (χ2n) is 15.4. The van der Waals surface area contributed by atoms with Crippen LogP contribution in [0.4, 0.5) is 24.5 Å². The van der Waals surface area contributed by atoms with Crippen molar-refractivity contribution in [1.82, 2.24) is 20.1 Å². The number of alkyl halides is 3. The van der Waals surface area contributed by atoms with E-state index >= 15 is 0 Å². The number of rotatable bonds is 25. The minimum atomic E-state index is -4.49. The van der Waals surface area contributed by atoms with Gasteiger partial charge in [-0.2, -0.15) is 13.2 Å². The number of piperazine rings is 1. The van der Waals surface area contributed by atoms with Gasteiger partial charge in [0.15, 0.2) is 0 Å². The molecule has 1 aliphatic heterocycles. The highest BCUT2D eigenvalue weighted by atomic mass is 19.4. The third kappa shape index (κ3) is 16.0. The van der Waals surface area contributed by atoms with Crippen LogP contribution in [0, 0.1) is 0 Å². The Hall–Kier alpha value is -5.39. The Morgan fingerprint density at radius 3 is 2.05 bits per heavy atom. The van der Waals surface area contributed by atoms with Gasteiger partial charge in [0, 0.05) is 81.0 Å². The molecule has 2 heterocycles. The molecular formula is C48H61F3N6O7. The van der Waals surface area contributed by atoms with E-state index in [2.05, 4.69) is 32.5 Å². The number of ether oxygens (including phenoxy) is 4. The molecule has 346 valence electrons. The van der Waals surface area contributed by atoms with E-state index in [0.717, 1.165) is 69.1 Å². The highest BCUT2D eigenvalue weighted by molar-refractivity contribution is 6.06. The van der Waals surface area contributed by atoms with Crippen LogP contribution in [0.5, 0.6) is 0 Å². The van der Waals surface area contributed by atoms with Crippen molar-refractivity contribution in [3.63, 3.8) is 0 Å². The lowest BCUT2D eigenvalue weighted by Gasteiger charge is -2.32. The molecule has 64 heavy (non-hydrogen) atoms. The standard InChI is InChI=1S/C48H61F3N6O7/c1-4-56(5-2)41-14-15-43(42(34-41)44-33-39(16-18-52-44)46(59)53-35-37-10-7-13-40(32-37)48(49,50)51)54-47(60)38-12-6-9-36(31-38)11-8-23-61-25-27-63-29-30-64-28-26-62-24-17-45(58)57-21-19-55(3)20-22-57/h6-7,9-10,12-16,18,31-34H,4-5,8,11,17,19-30,35H2,1-3H3,(H,53,59)(H,54,60). The molecule has 0 spiro atoms. The van der Waals surface area contributed by atoms with Crippen LogP contribution in [0.1, 0.15) is 64.1 Å². The minimum Gasteiger partial charge on any atom is -0.379 e. The van der Waals surface area contributed by atoms with Gasteiger partial charge in [0.25, 0.3) is 11.8 Å². The highest BCUT2D eigenvalue weighted by Crippen LogP contribution is 2.33. The molecule has 0 unspecified atom stereocenters. The van der Waals surface area contributed by atoms with Crippen LogP contribution in [0.25, 0.3) is 11.3 Å². The SMILES string of the molecule is CCN(CC)c1ccc(NC(=O)c2cccc(CCCOCCOCCOCCOCCC(=O)N3CCN(C)CC3)c2)c(-c2cc(C(=O)NCc3cccc(C(F)(F)F)c3)ccn2)c1. The van der Waals surface area contributed by atoms with Crippen LogP contribution >= 0.6 is 0 Å². The Morgan fingerprint density at radius 2 is 1.36 bits per heavy atom. The predicted molar refractivity (Wildman–Crippen MR) is 241 cm³/mol. The molecule has 3 amide bonds. The molecule has 0 bridgehead atoms. The molecule has 0 radical (unpaired) electrons. The largest absolute Gasteiger partial charge is 0.416 e. The first-order valence-corrected chi connectivity index (χ1v) is 21.9. The van der Waals surface area contributed by atoms with Gasteiger partial charge in [-0.05, 0) is 99.5 Å². The number of hydrogen-bond donors (Lipinski definition) is 2. The van der Waals surface area contributed by atoms with E-state index in [0.29, 0.717) is 93.8 Å². The second-order valence-corrected chi connectivity index (χ2v) is 15.4. The summed E-state index contributed by atoms with van der Waals surface area (Å²) >= 11 is 0. The fourth-order valence-corrected chi connectivity index (χ4v) is 7.08. The van der Waals surface area contributed by atoms with Gasteiger partial charge in [-0.25, -0.2) is 0 Å². The summed E-state index contributed by atoms with van der Waals surface area (Å²) in [5.74, 6) is -0.659. The Kier molecular flexibility index (Phi) is 20.0. The van der Waals surface area contributed by atoms with E-state index in [1.54, 1.807) is 12.1 Å². The van der Waals surface area contributed by atoms with E-state index in [1.165, 1.54) is 24.4 Å². The summed E-state index contributed by atoms with van der Waals surface area (Å²) in [4.78, 5) is 50.0. The summed E-state index contributed by atoms with van der Waals surface area (Å²) in [6.07, 6.45) is -1.16. The molecule has 0 saturated carbocycles. The molecule has 2 N–H and O–H groups in total. The number of halogens is 3. The third-order valence-corrected chi connectivity index (χ3v) is 10.8. The van der Waals surface area contributed by atoms with Crippen LogP contribution in [-0.4, -0.2) is 132 Å². The zero-order valence-corrected chi connectivity index (χ0v) is 37.1. The molecule has 3 aromatic carbocycles. The zero-order chi connectivity index (χ0) is 45.7. The van der Waals surface area contributed by atoms with Crippen molar-refractivity contribution in [2.45, 2.75) is 45.8 Å². The van der Waals surface area contributed by atoms with Crippen LogP contribution in [-0.2, 0) is 42.9 Å². The van der Waals surface area contributed by atoms with Crippen molar-refractivity contribution >= 4 is 29.1 Å². The van der Waals surface area contributed by atoms with E-state index < -0.39 is 17.6 Å². The summed E-state index contributed by atoms with van der Waals surface area (Å²) in [7, 11) is 2.06. The van der Waals surface area contributed by atoms with Gasteiger partial charge >= 0.3 is 6.18 Å². The van der Waals surface area contributed by atoms with Gasteiger partial charge in [-0.15, -0.1) is 0 Å². The highest BCUT2D eigenvalue weighted by Gasteiger charge is 2.30. The lowest BCUT2D eigenvalue weighted by Crippen LogP contribution is -2.47. The lowest BCUT2D eigenvalue weighted by atomic mass is 10.0. The Bertz CT molecular complexity index is 2090. The van der Waals surface area contributed by atoms with Crippen molar-refractivity contribution in [1.29, 1.82) is 0 Å². The number of benzene rings is 3. The fourth-order valence-electron chi connectivity index (χ4n) is 7.08. The molecule has 0 aliphatic carbocycles. The molecule has 1 aromatic heterocycles. The van der Waals surface area contributed by atoms with Crippen molar-refractivity contribution < 1.29 is 46.5 Å². The molecule has 5 rings (SSSR count). The molecule has 4 aromatic rings. The van der Waals surface area contributed by atoms with Gasteiger partial charge in [0.2, 0.25) is 5.91 Å². The zero-order valence-electron chi connectivity index (χ0n) is 37.1. The first kappa shape index (κ1) is 49.6. The lowest BCUT2D eigenvalue weighted by molar-refractivity contribution is -0.137. The van der Waals surface area contributed by atoms with Gasteiger partial charge in [0.05, 0.1) is 69.6 Å². The van der Waals surface area contributed by atoms with Crippen LogP contribution < -0.4 is 15.5 Å². The Labute approximate surface area is 374 Å². The molecule has 1 fully saturated rings. The predicted octanol–water partition coefficient (Wildman–Crippen LogP) is 6.96. The van der Waals surface area contributed by atoms with Crippen LogP contribution in [0.15, 0.2) is 85.1 Å².